The second-order valence-electron chi connectivity index (χ2n) is 15.9. The molecule has 0 heteroatoms. The molecule has 2 aliphatic carbocycles. The van der Waals surface area contributed by atoms with Crippen molar-refractivity contribution >= 4 is 70.2 Å². The van der Waals surface area contributed by atoms with Gasteiger partial charge in [-0.15, -0.1) is 0 Å². The minimum Gasteiger partial charge on any atom is -0.0767 e. The van der Waals surface area contributed by atoms with Crippen LogP contribution in [0.15, 0.2) is 218 Å². The number of hydrogen-bond acceptors (Lipinski definition) is 0. The molecule has 2 aliphatic rings. The fourth-order valence-electron chi connectivity index (χ4n) is 10.0. The minimum absolute atomic E-state index is 0.295. The minimum atomic E-state index is 0.295. The number of benzene rings is 10. The lowest BCUT2D eigenvalue weighted by atomic mass is 9.75. The Morgan fingerprint density at radius 1 is 0.293 bits per heavy atom. The van der Waals surface area contributed by atoms with E-state index in [1.807, 2.05) is 0 Å². The van der Waals surface area contributed by atoms with E-state index in [1.54, 1.807) is 0 Å². The van der Waals surface area contributed by atoms with Gasteiger partial charge in [-0.25, -0.2) is 0 Å². The summed E-state index contributed by atoms with van der Waals surface area (Å²) in [5.74, 6) is 0.653. The Labute approximate surface area is 338 Å². The smallest absolute Gasteiger partial charge is 0.00567 e. The van der Waals surface area contributed by atoms with Crippen LogP contribution in [0.4, 0.5) is 0 Å². The van der Waals surface area contributed by atoms with Gasteiger partial charge >= 0.3 is 0 Å². The van der Waals surface area contributed by atoms with E-state index in [0.29, 0.717) is 11.8 Å². The second kappa shape index (κ2) is 13.2. The fourth-order valence-corrected chi connectivity index (χ4v) is 10.0. The van der Waals surface area contributed by atoms with Crippen LogP contribution in [0.3, 0.4) is 0 Å². The normalized spacial score (nSPS) is 16.2. The van der Waals surface area contributed by atoms with Crippen molar-refractivity contribution in [1.29, 1.82) is 0 Å². The third-order valence-corrected chi connectivity index (χ3v) is 12.7. The molecule has 2 atom stereocenters. The molecule has 0 N–H and O–H groups in total. The lowest BCUT2D eigenvalue weighted by molar-refractivity contribution is 0.663. The van der Waals surface area contributed by atoms with E-state index < -0.39 is 0 Å². The van der Waals surface area contributed by atoms with Crippen LogP contribution in [0.2, 0.25) is 0 Å². The first kappa shape index (κ1) is 32.9. The highest BCUT2D eigenvalue weighted by Crippen LogP contribution is 2.54. The summed E-state index contributed by atoms with van der Waals surface area (Å²) in [7, 11) is 0. The van der Waals surface area contributed by atoms with Crippen LogP contribution in [-0.2, 0) is 0 Å². The van der Waals surface area contributed by atoms with Gasteiger partial charge in [0.25, 0.3) is 0 Å². The van der Waals surface area contributed by atoms with Crippen LogP contribution in [0.25, 0.3) is 104 Å². The molecule has 0 fully saturated rings. The van der Waals surface area contributed by atoms with Crippen LogP contribution in [-0.4, -0.2) is 0 Å². The fraction of sp³-hybridized carbons (Fsp3) is 0.0345. The van der Waals surface area contributed by atoms with Crippen LogP contribution >= 0.6 is 0 Å². The van der Waals surface area contributed by atoms with Crippen molar-refractivity contribution in [2.24, 2.45) is 11.8 Å². The van der Waals surface area contributed by atoms with Gasteiger partial charge in [-0.2, -0.15) is 0 Å². The lowest BCUT2D eigenvalue weighted by Crippen LogP contribution is -2.11. The summed E-state index contributed by atoms with van der Waals surface area (Å²) in [5, 5.41) is 15.1. The van der Waals surface area contributed by atoms with Crippen molar-refractivity contribution in [2.75, 3.05) is 0 Å². The first-order valence-corrected chi connectivity index (χ1v) is 20.4. The zero-order valence-corrected chi connectivity index (χ0v) is 31.9. The zero-order valence-electron chi connectivity index (χ0n) is 31.9. The summed E-state index contributed by atoms with van der Waals surface area (Å²) in [4.78, 5) is 0. The van der Waals surface area contributed by atoms with Gasteiger partial charge in [0.05, 0.1) is 0 Å². The van der Waals surface area contributed by atoms with Crippen LogP contribution in [0, 0.1) is 11.8 Å². The van der Waals surface area contributed by atoms with Gasteiger partial charge in [-0.05, 0) is 127 Å². The van der Waals surface area contributed by atoms with E-state index in [1.165, 1.54) is 109 Å². The maximum absolute atomic E-state index is 2.52. The molecule has 10 aromatic rings. The Balaban J connectivity index is 1.35. The molecule has 58 heavy (non-hydrogen) atoms. The van der Waals surface area contributed by atoms with E-state index in [9.17, 15) is 0 Å². The van der Waals surface area contributed by atoms with Crippen molar-refractivity contribution in [2.45, 2.75) is 0 Å². The highest BCUT2D eigenvalue weighted by molar-refractivity contribution is 6.33. The van der Waals surface area contributed by atoms with Gasteiger partial charge in [0.2, 0.25) is 0 Å². The summed E-state index contributed by atoms with van der Waals surface area (Å²) >= 11 is 0. The van der Waals surface area contributed by atoms with Crippen LogP contribution in [0.1, 0.15) is 5.56 Å². The molecule has 10 aromatic carbocycles. The molecule has 0 spiro atoms. The molecule has 0 nitrogen and oxygen atoms in total. The Morgan fingerprint density at radius 2 is 0.655 bits per heavy atom. The molecular weight excluding hydrogens is 697 g/mol. The van der Waals surface area contributed by atoms with Crippen molar-refractivity contribution in [1.82, 2.24) is 0 Å². The molecule has 0 saturated heterocycles. The van der Waals surface area contributed by atoms with E-state index in [0.717, 1.165) is 0 Å². The molecule has 0 radical (unpaired) electrons. The molecule has 0 bridgehead atoms. The van der Waals surface area contributed by atoms with Crippen molar-refractivity contribution in [3.63, 3.8) is 0 Å². The third-order valence-electron chi connectivity index (χ3n) is 12.7. The molecule has 270 valence electrons. The van der Waals surface area contributed by atoms with E-state index >= 15 is 0 Å². The molecule has 0 aliphatic heterocycles. The largest absolute Gasteiger partial charge is 0.0767 e. The van der Waals surface area contributed by atoms with Crippen LogP contribution < -0.4 is 0 Å². The number of fused-ring (bicyclic) bond motifs is 7. The average molecular weight is 735 g/mol. The van der Waals surface area contributed by atoms with E-state index in [2.05, 4.69) is 218 Å². The number of hydrogen-bond donors (Lipinski definition) is 0. The monoisotopic (exact) mass is 734 g/mol. The quantitative estimate of drug-likeness (QED) is 0.158. The molecule has 0 heterocycles. The lowest BCUT2D eigenvalue weighted by Gasteiger charge is -2.28. The predicted octanol–water partition coefficient (Wildman–Crippen LogP) is 15.9. The third kappa shape index (κ3) is 5.15. The van der Waals surface area contributed by atoms with Gasteiger partial charge in [0.15, 0.2) is 0 Å². The summed E-state index contributed by atoms with van der Waals surface area (Å²) in [6.07, 6.45) is 16.4. The van der Waals surface area contributed by atoms with Gasteiger partial charge in [-0.3, -0.25) is 0 Å². The van der Waals surface area contributed by atoms with Crippen LogP contribution in [0.5, 0.6) is 0 Å². The number of rotatable bonds is 4. The summed E-state index contributed by atoms with van der Waals surface area (Å²) in [6, 6.07) is 65.8. The first-order chi connectivity index (χ1) is 28.8. The summed E-state index contributed by atoms with van der Waals surface area (Å²) in [6.45, 7) is 0. The van der Waals surface area contributed by atoms with Crippen molar-refractivity contribution < 1.29 is 0 Å². The van der Waals surface area contributed by atoms with Gasteiger partial charge in [-0.1, -0.05) is 200 Å². The molecule has 12 rings (SSSR count). The molecule has 0 saturated carbocycles. The van der Waals surface area contributed by atoms with E-state index in [-0.39, 0.29) is 0 Å². The second-order valence-corrected chi connectivity index (χ2v) is 15.9. The molecular formula is C58H38. The summed E-state index contributed by atoms with van der Waals surface area (Å²) < 4.78 is 0. The standard InChI is InChI=1S/C58H38/c1-5-17-41-33-45(29-25-37(41)13-1)53-49-21-9-10-22-50(49)55(47-31-27-39-15-3-7-19-43(39)35-47)58-56(48-32-28-40-16-4-8-20-44(40)36-48)52-24-12-11-23-51(52)54(57(53)58)46-30-26-38-14-2-6-18-42(38)34-46/h1-37,41H. The highest BCUT2D eigenvalue weighted by atomic mass is 14.3. The Morgan fingerprint density at radius 3 is 1.10 bits per heavy atom. The summed E-state index contributed by atoms with van der Waals surface area (Å²) in [5.41, 5.74) is 10.1. The molecule has 0 aromatic heterocycles. The highest BCUT2D eigenvalue weighted by Gasteiger charge is 2.28. The number of allylic oxidation sites excluding steroid dienone is 8. The maximum Gasteiger partial charge on any atom is 0.00567 e. The van der Waals surface area contributed by atoms with Gasteiger partial charge in [0.1, 0.15) is 0 Å². The Hall–Kier alpha value is -7.28. The topological polar surface area (TPSA) is 0 Å². The molecule has 0 amide bonds. The Bertz CT molecular complexity index is 3370. The van der Waals surface area contributed by atoms with Crippen molar-refractivity contribution in [3.05, 3.63) is 224 Å². The SMILES string of the molecule is C1=CC2C=CC(c3c4ccccc4c(-c4ccc5ccccc5c4)c4c(-c5ccc6ccccc6c5)c5ccccc5c(-c5ccc6ccccc6c5)c34)=CC2C=C1. The van der Waals surface area contributed by atoms with Gasteiger partial charge < -0.3 is 0 Å². The zero-order chi connectivity index (χ0) is 38.2. The first-order valence-electron chi connectivity index (χ1n) is 20.4. The van der Waals surface area contributed by atoms with Gasteiger partial charge in [0, 0.05) is 11.8 Å². The Kier molecular flexibility index (Phi) is 7.46. The van der Waals surface area contributed by atoms with E-state index in [4.69, 9.17) is 0 Å². The molecule has 2 unspecified atom stereocenters. The average Bonchev–Trinajstić information content (AvgIpc) is 3.29. The maximum atomic E-state index is 2.52. The van der Waals surface area contributed by atoms with Crippen molar-refractivity contribution in [3.8, 4) is 33.4 Å². The predicted molar refractivity (Wildman–Crippen MR) is 250 cm³/mol.